The van der Waals surface area contributed by atoms with E-state index in [1.165, 1.54) is 0 Å². The van der Waals surface area contributed by atoms with E-state index in [0.29, 0.717) is 11.3 Å². The van der Waals surface area contributed by atoms with Crippen molar-refractivity contribution < 1.29 is 19.1 Å². The molecule has 0 bridgehead atoms. The smallest absolute Gasteiger partial charge is 0.408 e. The van der Waals surface area contributed by atoms with E-state index in [-0.39, 0.29) is 5.91 Å². The van der Waals surface area contributed by atoms with Crippen molar-refractivity contribution in [3.05, 3.63) is 77.9 Å². The number of hydrogen-bond acceptors (Lipinski definition) is 4. The van der Waals surface area contributed by atoms with Gasteiger partial charge in [-0.2, -0.15) is 0 Å². The third-order valence-electron chi connectivity index (χ3n) is 5.95. The minimum atomic E-state index is -0.947. The number of anilines is 1. The number of fused-ring (bicyclic) bond motifs is 1. The zero-order chi connectivity index (χ0) is 28.3. The highest BCUT2D eigenvalue weighted by Crippen LogP contribution is 2.32. The number of carbonyl (C=O) groups excluding carboxylic acids is 3. The molecule has 3 aromatic carbocycles. The van der Waals surface area contributed by atoms with Gasteiger partial charge in [0.25, 0.3) is 5.91 Å². The SMILES string of the molecule is Cc1cccc(C(C(=O)Nc2ccc3ccccc3c2)N(C(=O)C(C)NC(=O)OC(C)(C)C)C(C)(C)C)c1. The van der Waals surface area contributed by atoms with Gasteiger partial charge in [0.15, 0.2) is 0 Å². The van der Waals surface area contributed by atoms with Crippen LogP contribution in [0.5, 0.6) is 0 Å². The van der Waals surface area contributed by atoms with Crippen molar-refractivity contribution in [2.45, 2.75) is 78.6 Å². The number of nitrogens with one attached hydrogen (secondary N) is 2. The number of alkyl carbamates (subject to hydrolysis) is 1. The second-order valence-electron chi connectivity index (χ2n) is 11.6. The van der Waals surface area contributed by atoms with Gasteiger partial charge in [-0.25, -0.2) is 4.79 Å². The Balaban J connectivity index is 1.99. The molecule has 7 nitrogen and oxygen atoms in total. The van der Waals surface area contributed by atoms with E-state index in [9.17, 15) is 14.4 Å². The first kappa shape index (κ1) is 28.7. The summed E-state index contributed by atoms with van der Waals surface area (Å²) in [5.41, 5.74) is 0.812. The molecule has 0 fully saturated rings. The zero-order valence-corrected chi connectivity index (χ0v) is 23.6. The topological polar surface area (TPSA) is 87.7 Å². The lowest BCUT2D eigenvalue weighted by atomic mass is 9.94. The van der Waals surface area contributed by atoms with Crippen LogP contribution in [-0.2, 0) is 14.3 Å². The van der Waals surface area contributed by atoms with Gasteiger partial charge < -0.3 is 20.3 Å². The largest absolute Gasteiger partial charge is 0.444 e. The normalized spacial score (nSPS) is 13.4. The van der Waals surface area contributed by atoms with Crippen LogP contribution in [0.4, 0.5) is 10.5 Å². The molecule has 0 saturated heterocycles. The number of amides is 3. The first-order chi connectivity index (χ1) is 17.7. The van der Waals surface area contributed by atoms with Crippen molar-refractivity contribution in [1.29, 1.82) is 0 Å². The highest BCUT2D eigenvalue weighted by atomic mass is 16.6. The van der Waals surface area contributed by atoms with Crippen LogP contribution in [0.15, 0.2) is 66.7 Å². The molecule has 3 aromatic rings. The predicted molar refractivity (Wildman–Crippen MR) is 152 cm³/mol. The summed E-state index contributed by atoms with van der Waals surface area (Å²) in [6, 6.07) is 19.3. The lowest BCUT2D eigenvalue weighted by Crippen LogP contribution is -2.57. The van der Waals surface area contributed by atoms with Crippen LogP contribution in [0.2, 0.25) is 0 Å². The molecule has 202 valence electrons. The molecule has 0 aliphatic heterocycles. The summed E-state index contributed by atoms with van der Waals surface area (Å²) in [6.45, 7) is 14.4. The van der Waals surface area contributed by atoms with Gasteiger partial charge in [0.1, 0.15) is 17.7 Å². The molecule has 0 aromatic heterocycles. The molecule has 2 N–H and O–H groups in total. The summed E-state index contributed by atoms with van der Waals surface area (Å²) in [4.78, 5) is 41.8. The van der Waals surface area contributed by atoms with Crippen LogP contribution in [0, 0.1) is 6.92 Å². The summed E-state index contributed by atoms with van der Waals surface area (Å²) in [6.07, 6.45) is -0.695. The second-order valence-corrected chi connectivity index (χ2v) is 11.6. The molecule has 0 spiro atoms. The van der Waals surface area contributed by atoms with Crippen LogP contribution in [0.25, 0.3) is 10.8 Å². The van der Waals surface area contributed by atoms with Crippen molar-refractivity contribution in [3.8, 4) is 0 Å². The Bertz CT molecular complexity index is 1320. The van der Waals surface area contributed by atoms with E-state index in [4.69, 9.17) is 4.74 Å². The van der Waals surface area contributed by atoms with Gasteiger partial charge in [-0.15, -0.1) is 0 Å². The van der Waals surface area contributed by atoms with Crippen LogP contribution in [0.1, 0.15) is 65.6 Å². The van der Waals surface area contributed by atoms with Crippen molar-refractivity contribution in [2.24, 2.45) is 0 Å². The zero-order valence-electron chi connectivity index (χ0n) is 23.6. The molecular formula is C31H39N3O4. The maximum Gasteiger partial charge on any atom is 0.408 e. The predicted octanol–water partition coefficient (Wildman–Crippen LogP) is 6.37. The van der Waals surface area contributed by atoms with E-state index in [2.05, 4.69) is 10.6 Å². The standard InChI is InChI=1S/C31H39N3O4/c1-20-12-11-15-24(18-20)26(27(35)33-25-17-16-22-13-9-10-14-23(22)19-25)34(30(3,4)5)28(36)21(2)32-29(37)38-31(6,7)8/h9-19,21,26H,1-8H3,(H,32,37)(H,33,35). The van der Waals surface area contributed by atoms with E-state index in [1.54, 1.807) is 32.6 Å². The number of benzene rings is 3. The fourth-order valence-corrected chi connectivity index (χ4v) is 4.34. The van der Waals surface area contributed by atoms with Crippen LogP contribution < -0.4 is 10.6 Å². The van der Waals surface area contributed by atoms with E-state index in [1.807, 2.05) is 94.4 Å². The molecule has 2 atom stereocenters. The highest BCUT2D eigenvalue weighted by molar-refractivity contribution is 6.00. The van der Waals surface area contributed by atoms with E-state index in [0.717, 1.165) is 16.3 Å². The third-order valence-corrected chi connectivity index (χ3v) is 5.95. The molecular weight excluding hydrogens is 478 g/mol. The Morgan fingerprint density at radius 2 is 1.50 bits per heavy atom. The molecule has 0 aliphatic rings. The Morgan fingerprint density at radius 1 is 0.842 bits per heavy atom. The van der Waals surface area contributed by atoms with Crippen LogP contribution in [0.3, 0.4) is 0 Å². The first-order valence-corrected chi connectivity index (χ1v) is 12.8. The molecule has 0 saturated carbocycles. The maximum atomic E-state index is 14.0. The lowest BCUT2D eigenvalue weighted by molar-refractivity contribution is -0.146. The summed E-state index contributed by atoms with van der Waals surface area (Å²) in [5, 5.41) is 7.72. The maximum absolute atomic E-state index is 14.0. The van der Waals surface area contributed by atoms with Crippen molar-refractivity contribution in [2.75, 3.05) is 5.32 Å². The van der Waals surface area contributed by atoms with Gasteiger partial charge in [0.05, 0.1) is 0 Å². The average molecular weight is 518 g/mol. The summed E-state index contributed by atoms with van der Waals surface area (Å²) in [7, 11) is 0. The molecule has 0 heterocycles. The van der Waals surface area contributed by atoms with E-state index < -0.39 is 35.2 Å². The van der Waals surface area contributed by atoms with Gasteiger partial charge >= 0.3 is 6.09 Å². The monoisotopic (exact) mass is 517 g/mol. The quantitative estimate of drug-likeness (QED) is 0.398. The van der Waals surface area contributed by atoms with Crippen LogP contribution in [-0.4, -0.2) is 40.0 Å². The molecule has 38 heavy (non-hydrogen) atoms. The van der Waals surface area contributed by atoms with E-state index >= 15 is 0 Å². The van der Waals surface area contributed by atoms with Crippen LogP contribution >= 0.6 is 0 Å². The fourth-order valence-electron chi connectivity index (χ4n) is 4.34. The lowest BCUT2D eigenvalue weighted by Gasteiger charge is -2.42. The Labute approximate surface area is 225 Å². The van der Waals surface area contributed by atoms with Crippen molar-refractivity contribution >= 4 is 34.4 Å². The summed E-state index contributed by atoms with van der Waals surface area (Å²) in [5.74, 6) is -0.748. The number of ether oxygens (including phenoxy) is 1. The Morgan fingerprint density at radius 3 is 2.11 bits per heavy atom. The minimum Gasteiger partial charge on any atom is -0.444 e. The molecule has 2 unspecified atom stereocenters. The fraction of sp³-hybridized carbons (Fsp3) is 0.387. The van der Waals surface area contributed by atoms with Crippen molar-refractivity contribution in [3.63, 3.8) is 0 Å². The third kappa shape index (κ3) is 7.34. The number of nitrogens with zero attached hydrogens (tertiary/aromatic N) is 1. The van der Waals surface area contributed by atoms with Crippen molar-refractivity contribution in [1.82, 2.24) is 10.2 Å². The Hall–Kier alpha value is -3.87. The minimum absolute atomic E-state index is 0.348. The molecule has 3 rings (SSSR count). The molecule has 7 heteroatoms. The van der Waals surface area contributed by atoms with Gasteiger partial charge in [0, 0.05) is 11.2 Å². The second kappa shape index (κ2) is 11.3. The number of hydrogen-bond donors (Lipinski definition) is 2. The average Bonchev–Trinajstić information content (AvgIpc) is 2.79. The van der Waals surface area contributed by atoms with Gasteiger partial charge in [0.2, 0.25) is 5.91 Å². The highest BCUT2D eigenvalue weighted by Gasteiger charge is 2.40. The number of aryl methyl sites for hydroxylation is 1. The first-order valence-electron chi connectivity index (χ1n) is 12.8. The van der Waals surface area contributed by atoms with Gasteiger partial charge in [-0.05, 0) is 83.9 Å². The molecule has 0 aliphatic carbocycles. The molecule has 0 radical (unpaired) electrons. The Kier molecular flexibility index (Phi) is 8.50. The molecule has 3 amide bonds. The van der Waals surface area contributed by atoms with Gasteiger partial charge in [-0.3, -0.25) is 9.59 Å². The van der Waals surface area contributed by atoms with Gasteiger partial charge in [-0.1, -0.05) is 60.2 Å². The number of carbonyl (C=O) groups is 3. The number of rotatable bonds is 6. The summed E-state index contributed by atoms with van der Waals surface area (Å²) >= 11 is 0. The summed E-state index contributed by atoms with van der Waals surface area (Å²) < 4.78 is 5.35.